The van der Waals surface area contributed by atoms with Crippen LogP contribution in [0.4, 0.5) is 10.2 Å². The lowest BCUT2D eigenvalue weighted by molar-refractivity contribution is 0.0746. The van der Waals surface area contributed by atoms with Gasteiger partial charge in [-0.05, 0) is 43.6 Å². The molecule has 0 radical (unpaired) electrons. The predicted octanol–water partition coefficient (Wildman–Crippen LogP) is 2.85. The molecule has 1 aliphatic rings. The van der Waals surface area contributed by atoms with Crippen LogP contribution in [-0.4, -0.2) is 47.0 Å². The van der Waals surface area contributed by atoms with Crippen LogP contribution in [0.25, 0.3) is 0 Å². The summed E-state index contributed by atoms with van der Waals surface area (Å²) >= 11 is 5.97. The van der Waals surface area contributed by atoms with Crippen molar-refractivity contribution < 1.29 is 9.18 Å². The van der Waals surface area contributed by atoms with E-state index in [-0.39, 0.29) is 11.2 Å². The number of amides is 1. The molecular weight excluding hydrogens is 331 g/mol. The molecule has 2 aromatic rings. The third kappa shape index (κ3) is 3.33. The lowest BCUT2D eigenvalue weighted by Gasteiger charge is -2.36. The molecule has 1 saturated heterocycles. The molecule has 0 aliphatic carbocycles. The van der Waals surface area contributed by atoms with E-state index in [2.05, 4.69) is 14.9 Å². The molecule has 1 fully saturated rings. The van der Waals surface area contributed by atoms with Crippen molar-refractivity contribution in [1.29, 1.82) is 0 Å². The van der Waals surface area contributed by atoms with Crippen LogP contribution in [0.15, 0.2) is 24.3 Å². The van der Waals surface area contributed by atoms with Crippen molar-refractivity contribution in [3.05, 3.63) is 52.2 Å². The Morgan fingerprint density at radius 3 is 2.54 bits per heavy atom. The maximum Gasteiger partial charge on any atom is 0.254 e. The van der Waals surface area contributed by atoms with Crippen molar-refractivity contribution in [2.24, 2.45) is 0 Å². The minimum absolute atomic E-state index is 0.150. The van der Waals surface area contributed by atoms with Gasteiger partial charge < -0.3 is 9.80 Å². The molecule has 1 aliphatic heterocycles. The van der Waals surface area contributed by atoms with E-state index in [0.29, 0.717) is 31.7 Å². The molecule has 0 N–H and O–H groups in total. The fraction of sp³-hybridized carbons (Fsp3) is 0.353. The summed E-state index contributed by atoms with van der Waals surface area (Å²) in [7, 11) is 0. The number of anilines is 1. The largest absolute Gasteiger partial charge is 0.353 e. The minimum Gasteiger partial charge on any atom is -0.353 e. The van der Waals surface area contributed by atoms with E-state index in [4.69, 9.17) is 11.6 Å². The van der Waals surface area contributed by atoms with Gasteiger partial charge in [0.05, 0.1) is 0 Å². The van der Waals surface area contributed by atoms with Crippen LogP contribution >= 0.6 is 11.6 Å². The second kappa shape index (κ2) is 6.73. The smallest absolute Gasteiger partial charge is 0.254 e. The molecule has 0 saturated carbocycles. The molecule has 2 heterocycles. The third-order valence-corrected chi connectivity index (χ3v) is 4.44. The summed E-state index contributed by atoms with van der Waals surface area (Å²) in [6.07, 6.45) is 0. The van der Waals surface area contributed by atoms with Crippen molar-refractivity contribution in [3.63, 3.8) is 0 Å². The van der Waals surface area contributed by atoms with Gasteiger partial charge in [0.25, 0.3) is 5.91 Å². The first-order valence-corrected chi connectivity index (χ1v) is 8.14. The topological polar surface area (TPSA) is 49.3 Å². The van der Waals surface area contributed by atoms with Crippen LogP contribution in [0.3, 0.4) is 0 Å². The highest BCUT2D eigenvalue weighted by atomic mass is 35.5. The Labute approximate surface area is 145 Å². The van der Waals surface area contributed by atoms with E-state index < -0.39 is 5.82 Å². The highest BCUT2D eigenvalue weighted by Gasteiger charge is 2.24. The molecule has 0 atom stereocenters. The molecule has 3 rings (SSSR count). The summed E-state index contributed by atoms with van der Waals surface area (Å²) < 4.78 is 13.3. The maximum absolute atomic E-state index is 13.3. The Bertz CT molecular complexity index is 775. The van der Waals surface area contributed by atoms with Crippen LogP contribution in [-0.2, 0) is 0 Å². The van der Waals surface area contributed by atoms with Gasteiger partial charge in [-0.3, -0.25) is 4.79 Å². The van der Waals surface area contributed by atoms with E-state index in [1.165, 1.54) is 12.1 Å². The lowest BCUT2D eigenvalue weighted by atomic mass is 10.1. The molecule has 24 heavy (non-hydrogen) atoms. The predicted molar refractivity (Wildman–Crippen MR) is 91.0 cm³/mol. The Morgan fingerprint density at radius 2 is 1.88 bits per heavy atom. The van der Waals surface area contributed by atoms with E-state index in [1.54, 1.807) is 17.0 Å². The van der Waals surface area contributed by atoms with Crippen LogP contribution < -0.4 is 4.90 Å². The Balaban J connectivity index is 1.71. The summed E-state index contributed by atoms with van der Waals surface area (Å²) in [6, 6.07) is 5.79. The third-order valence-electron chi connectivity index (χ3n) is 4.27. The zero-order valence-corrected chi connectivity index (χ0v) is 14.3. The molecular formula is C17H18ClFN4O. The first-order chi connectivity index (χ1) is 11.5. The van der Waals surface area contributed by atoms with Crippen molar-refractivity contribution in [2.75, 3.05) is 31.1 Å². The van der Waals surface area contributed by atoms with Gasteiger partial charge in [0.1, 0.15) is 11.6 Å². The van der Waals surface area contributed by atoms with Crippen LogP contribution in [0.5, 0.6) is 0 Å². The fourth-order valence-electron chi connectivity index (χ4n) is 2.81. The molecule has 1 aromatic heterocycles. The van der Waals surface area contributed by atoms with Crippen molar-refractivity contribution >= 4 is 23.3 Å². The van der Waals surface area contributed by atoms with Crippen molar-refractivity contribution in [2.45, 2.75) is 13.8 Å². The number of hydrogen-bond donors (Lipinski definition) is 0. The summed E-state index contributed by atoms with van der Waals surface area (Å²) in [5, 5.41) is 0.228. The molecule has 0 bridgehead atoms. The summed E-state index contributed by atoms with van der Waals surface area (Å²) in [6.45, 7) is 6.26. The number of halogens is 2. The molecule has 5 nitrogen and oxygen atoms in total. The van der Waals surface area contributed by atoms with Gasteiger partial charge in [-0.1, -0.05) is 6.07 Å². The SMILES string of the molecule is Cc1nc(Cl)nc(N2CCN(C(=O)c3cccc(F)c3)CC2)c1C. The molecule has 0 unspecified atom stereocenters. The van der Waals surface area contributed by atoms with Gasteiger partial charge in [-0.2, -0.15) is 0 Å². The zero-order valence-electron chi connectivity index (χ0n) is 13.6. The van der Waals surface area contributed by atoms with E-state index in [1.807, 2.05) is 13.8 Å². The van der Waals surface area contributed by atoms with Crippen molar-refractivity contribution in [3.8, 4) is 0 Å². The average molecular weight is 349 g/mol. The Hall–Kier alpha value is -2.21. The molecule has 1 aromatic carbocycles. The summed E-state index contributed by atoms with van der Waals surface area (Å²) in [5.41, 5.74) is 2.22. The van der Waals surface area contributed by atoms with Crippen LogP contribution in [0, 0.1) is 19.7 Å². The highest BCUT2D eigenvalue weighted by Crippen LogP contribution is 2.23. The average Bonchev–Trinajstić information content (AvgIpc) is 2.57. The Morgan fingerprint density at radius 1 is 1.17 bits per heavy atom. The second-order valence-corrected chi connectivity index (χ2v) is 6.15. The quantitative estimate of drug-likeness (QED) is 0.783. The monoisotopic (exact) mass is 348 g/mol. The number of carbonyl (C=O) groups excluding carboxylic acids is 1. The van der Waals surface area contributed by atoms with Crippen molar-refractivity contribution in [1.82, 2.24) is 14.9 Å². The fourth-order valence-corrected chi connectivity index (χ4v) is 3.02. The lowest BCUT2D eigenvalue weighted by Crippen LogP contribution is -2.49. The summed E-state index contributed by atoms with van der Waals surface area (Å²) in [5.74, 6) is 0.259. The molecule has 126 valence electrons. The van der Waals surface area contributed by atoms with Gasteiger partial charge in [0.2, 0.25) is 5.28 Å². The van der Waals surface area contributed by atoms with Gasteiger partial charge in [0, 0.05) is 43.0 Å². The minimum atomic E-state index is -0.402. The number of aryl methyl sites for hydroxylation is 1. The number of piperazine rings is 1. The standard InChI is InChI=1S/C17H18ClFN4O/c1-11-12(2)20-17(18)21-15(11)22-6-8-23(9-7-22)16(24)13-4-3-5-14(19)10-13/h3-5,10H,6-9H2,1-2H3. The number of carbonyl (C=O) groups is 1. The maximum atomic E-state index is 13.3. The first-order valence-electron chi connectivity index (χ1n) is 7.76. The number of nitrogens with zero attached hydrogens (tertiary/aromatic N) is 4. The number of hydrogen-bond acceptors (Lipinski definition) is 4. The van der Waals surface area contributed by atoms with E-state index >= 15 is 0 Å². The Kier molecular flexibility index (Phi) is 4.66. The van der Waals surface area contributed by atoms with Crippen LogP contribution in [0.2, 0.25) is 5.28 Å². The number of aromatic nitrogens is 2. The van der Waals surface area contributed by atoms with Gasteiger partial charge >= 0.3 is 0 Å². The van der Waals surface area contributed by atoms with E-state index in [0.717, 1.165) is 17.1 Å². The second-order valence-electron chi connectivity index (χ2n) is 5.82. The van der Waals surface area contributed by atoms with Gasteiger partial charge in [0.15, 0.2) is 0 Å². The van der Waals surface area contributed by atoms with E-state index in [9.17, 15) is 9.18 Å². The first kappa shape index (κ1) is 16.6. The van der Waals surface area contributed by atoms with Crippen LogP contribution in [0.1, 0.15) is 21.6 Å². The number of benzene rings is 1. The normalized spacial score (nSPS) is 14.8. The molecule has 0 spiro atoms. The van der Waals surface area contributed by atoms with Gasteiger partial charge in [-0.15, -0.1) is 0 Å². The summed E-state index contributed by atoms with van der Waals surface area (Å²) in [4.78, 5) is 24.8. The zero-order chi connectivity index (χ0) is 17.3. The molecule has 1 amide bonds. The highest BCUT2D eigenvalue weighted by molar-refractivity contribution is 6.28. The molecule has 7 heteroatoms. The van der Waals surface area contributed by atoms with Gasteiger partial charge in [-0.25, -0.2) is 14.4 Å². The number of rotatable bonds is 2.